The lowest BCUT2D eigenvalue weighted by molar-refractivity contribution is -0.139. The van der Waals surface area contributed by atoms with E-state index in [1.54, 1.807) is 18.2 Å². The molecule has 2 N–H and O–H groups in total. The fourth-order valence-corrected chi connectivity index (χ4v) is 2.15. The molecule has 2 aromatic rings. The molecule has 4 heteroatoms. The molecular formula is C18H19NO3. The average Bonchev–Trinajstić information content (AvgIpc) is 2.50. The summed E-state index contributed by atoms with van der Waals surface area (Å²) < 4.78 is 0. The van der Waals surface area contributed by atoms with E-state index in [1.165, 1.54) is 0 Å². The average molecular weight is 297 g/mol. The van der Waals surface area contributed by atoms with Crippen LogP contribution < -0.4 is 5.32 Å². The van der Waals surface area contributed by atoms with E-state index in [1.807, 2.05) is 44.2 Å². The Bertz CT molecular complexity index is 730. The fraction of sp³-hybridized carbons (Fsp3) is 0.222. The van der Waals surface area contributed by atoms with E-state index in [2.05, 4.69) is 5.32 Å². The van der Waals surface area contributed by atoms with Crippen LogP contribution >= 0.6 is 0 Å². The molecule has 0 aliphatic carbocycles. The number of amides is 1. The van der Waals surface area contributed by atoms with Crippen LogP contribution in [0.15, 0.2) is 54.1 Å². The summed E-state index contributed by atoms with van der Waals surface area (Å²) >= 11 is 0. The van der Waals surface area contributed by atoms with Gasteiger partial charge in [0.05, 0.1) is 0 Å². The maximum atomic E-state index is 12.3. The molecule has 0 heterocycles. The highest BCUT2D eigenvalue weighted by atomic mass is 16.4. The Morgan fingerprint density at radius 3 is 2.45 bits per heavy atom. The number of hydrogen-bond donors (Lipinski definition) is 2. The zero-order valence-corrected chi connectivity index (χ0v) is 12.7. The van der Waals surface area contributed by atoms with Crippen LogP contribution in [0.5, 0.6) is 0 Å². The first kappa shape index (κ1) is 15.8. The van der Waals surface area contributed by atoms with Crippen molar-refractivity contribution in [2.45, 2.75) is 26.3 Å². The van der Waals surface area contributed by atoms with Crippen LogP contribution in [0.2, 0.25) is 0 Å². The Hall–Kier alpha value is -2.62. The molecule has 0 saturated heterocycles. The quantitative estimate of drug-likeness (QED) is 0.831. The molecule has 0 unspecified atom stereocenters. The number of nitrogens with one attached hydrogen (secondary N) is 1. The predicted molar refractivity (Wildman–Crippen MR) is 86.9 cm³/mol. The van der Waals surface area contributed by atoms with Crippen molar-refractivity contribution in [3.63, 3.8) is 0 Å². The molecule has 1 amide bonds. The number of carbonyl (C=O) groups is 2. The van der Waals surface area contributed by atoms with Crippen molar-refractivity contribution in [2.75, 3.05) is 0 Å². The summed E-state index contributed by atoms with van der Waals surface area (Å²) in [6, 6.07) is 12.1. The number of aliphatic carboxylic acids is 1. The minimum atomic E-state index is -1.04. The van der Waals surface area contributed by atoms with Gasteiger partial charge in [0, 0.05) is 5.56 Å². The molecular weight excluding hydrogens is 278 g/mol. The highest BCUT2D eigenvalue weighted by Gasteiger charge is 2.19. The molecule has 2 aromatic carbocycles. The molecule has 0 aromatic heterocycles. The lowest BCUT2D eigenvalue weighted by atomic mass is 10.1. The lowest BCUT2D eigenvalue weighted by Gasteiger charge is -2.13. The SMILES string of the molecule is CC(C)=CC[C@@H](NC(=O)c1ccc2ccccc2c1)C(=O)O. The highest BCUT2D eigenvalue weighted by Crippen LogP contribution is 2.15. The van der Waals surface area contributed by atoms with Gasteiger partial charge in [-0.25, -0.2) is 4.79 Å². The highest BCUT2D eigenvalue weighted by molar-refractivity contribution is 6.00. The molecule has 2 rings (SSSR count). The number of fused-ring (bicyclic) bond motifs is 1. The van der Waals surface area contributed by atoms with E-state index in [4.69, 9.17) is 0 Å². The third kappa shape index (κ3) is 3.95. The zero-order chi connectivity index (χ0) is 16.1. The normalized spacial score (nSPS) is 11.7. The van der Waals surface area contributed by atoms with Crippen LogP contribution in [0.1, 0.15) is 30.6 Å². The van der Waals surface area contributed by atoms with Gasteiger partial charge in [-0.05, 0) is 43.2 Å². The minimum Gasteiger partial charge on any atom is -0.480 e. The molecule has 114 valence electrons. The second-order valence-electron chi connectivity index (χ2n) is 5.44. The van der Waals surface area contributed by atoms with Crippen LogP contribution in [-0.2, 0) is 4.79 Å². The Morgan fingerprint density at radius 2 is 1.82 bits per heavy atom. The maximum Gasteiger partial charge on any atom is 0.326 e. The Labute approximate surface area is 129 Å². The molecule has 0 bridgehead atoms. The first-order valence-corrected chi connectivity index (χ1v) is 7.13. The monoisotopic (exact) mass is 297 g/mol. The van der Waals surface area contributed by atoms with E-state index >= 15 is 0 Å². The van der Waals surface area contributed by atoms with E-state index in [0.717, 1.165) is 16.3 Å². The van der Waals surface area contributed by atoms with Gasteiger partial charge in [0.1, 0.15) is 6.04 Å². The van der Waals surface area contributed by atoms with E-state index in [-0.39, 0.29) is 12.3 Å². The Morgan fingerprint density at radius 1 is 1.14 bits per heavy atom. The van der Waals surface area contributed by atoms with Crippen LogP contribution in [0.4, 0.5) is 0 Å². The van der Waals surface area contributed by atoms with Gasteiger partial charge in [0.2, 0.25) is 0 Å². The van der Waals surface area contributed by atoms with Crippen LogP contribution in [0.3, 0.4) is 0 Å². The second kappa shape index (κ2) is 6.89. The second-order valence-corrected chi connectivity index (χ2v) is 5.44. The van der Waals surface area contributed by atoms with E-state index < -0.39 is 12.0 Å². The lowest BCUT2D eigenvalue weighted by Crippen LogP contribution is -2.40. The molecule has 0 saturated carbocycles. The summed E-state index contributed by atoms with van der Waals surface area (Å²) in [7, 11) is 0. The van der Waals surface area contributed by atoms with Gasteiger partial charge in [-0.1, -0.05) is 42.0 Å². The number of carboxylic acids is 1. The van der Waals surface area contributed by atoms with Crippen molar-refractivity contribution in [1.29, 1.82) is 0 Å². The number of carbonyl (C=O) groups excluding carboxylic acids is 1. The van der Waals surface area contributed by atoms with Gasteiger partial charge < -0.3 is 10.4 Å². The first-order chi connectivity index (χ1) is 10.5. The standard InChI is InChI=1S/C18H19NO3/c1-12(2)7-10-16(18(21)22)19-17(20)15-9-8-13-5-3-4-6-14(13)11-15/h3-9,11,16H,10H2,1-2H3,(H,19,20)(H,21,22)/t16-/m1/s1. The van der Waals surface area contributed by atoms with Crippen molar-refractivity contribution >= 4 is 22.6 Å². The number of hydrogen-bond acceptors (Lipinski definition) is 2. The van der Waals surface area contributed by atoms with Gasteiger partial charge in [-0.2, -0.15) is 0 Å². The number of benzene rings is 2. The summed E-state index contributed by atoms with van der Waals surface area (Å²) in [6.45, 7) is 3.79. The van der Waals surface area contributed by atoms with Gasteiger partial charge in [-0.3, -0.25) is 4.79 Å². The smallest absolute Gasteiger partial charge is 0.326 e. The van der Waals surface area contributed by atoms with E-state index in [0.29, 0.717) is 5.56 Å². The molecule has 0 radical (unpaired) electrons. The van der Waals surface area contributed by atoms with Crippen molar-refractivity contribution < 1.29 is 14.7 Å². The summed E-state index contributed by atoms with van der Waals surface area (Å²) in [4.78, 5) is 23.5. The number of carboxylic acid groups (broad SMARTS) is 1. The fourth-order valence-electron chi connectivity index (χ4n) is 2.15. The van der Waals surface area contributed by atoms with Crippen LogP contribution in [0.25, 0.3) is 10.8 Å². The minimum absolute atomic E-state index is 0.275. The van der Waals surface area contributed by atoms with Crippen molar-refractivity contribution in [3.05, 3.63) is 59.7 Å². The van der Waals surface area contributed by atoms with Crippen LogP contribution in [-0.4, -0.2) is 23.0 Å². The van der Waals surface area contributed by atoms with Crippen LogP contribution in [0, 0.1) is 0 Å². The molecule has 0 fully saturated rings. The Balaban J connectivity index is 2.17. The number of rotatable bonds is 5. The van der Waals surface area contributed by atoms with Gasteiger partial charge in [0.15, 0.2) is 0 Å². The summed E-state index contributed by atoms with van der Waals surface area (Å²) in [5.41, 5.74) is 1.48. The van der Waals surface area contributed by atoms with Crippen molar-refractivity contribution in [2.24, 2.45) is 0 Å². The predicted octanol–water partition coefficient (Wildman–Crippen LogP) is 3.38. The third-order valence-corrected chi connectivity index (χ3v) is 3.38. The van der Waals surface area contributed by atoms with Crippen molar-refractivity contribution in [1.82, 2.24) is 5.32 Å². The topological polar surface area (TPSA) is 66.4 Å². The van der Waals surface area contributed by atoms with Crippen molar-refractivity contribution in [3.8, 4) is 0 Å². The summed E-state index contributed by atoms with van der Waals surface area (Å²) in [5, 5.41) is 13.8. The maximum absolute atomic E-state index is 12.3. The zero-order valence-electron chi connectivity index (χ0n) is 12.7. The molecule has 0 aliphatic heterocycles. The number of allylic oxidation sites excluding steroid dienone is 1. The molecule has 1 atom stereocenters. The molecule has 0 spiro atoms. The largest absolute Gasteiger partial charge is 0.480 e. The van der Waals surface area contributed by atoms with Gasteiger partial charge in [-0.15, -0.1) is 0 Å². The third-order valence-electron chi connectivity index (χ3n) is 3.38. The summed E-state index contributed by atoms with van der Waals surface area (Å²) in [5.74, 6) is -1.41. The van der Waals surface area contributed by atoms with Gasteiger partial charge >= 0.3 is 5.97 Å². The van der Waals surface area contributed by atoms with E-state index in [9.17, 15) is 14.7 Å². The molecule has 22 heavy (non-hydrogen) atoms. The summed E-state index contributed by atoms with van der Waals surface area (Å²) in [6.07, 6.45) is 2.08. The molecule has 0 aliphatic rings. The Kier molecular flexibility index (Phi) is 4.94. The van der Waals surface area contributed by atoms with Gasteiger partial charge in [0.25, 0.3) is 5.91 Å². The molecule has 4 nitrogen and oxygen atoms in total. The first-order valence-electron chi connectivity index (χ1n) is 7.13.